The number of fused-ring (bicyclic) bond motifs is 1. The highest BCUT2D eigenvalue weighted by molar-refractivity contribution is 5.95. The Balaban J connectivity index is 1.82. The maximum Gasteiger partial charge on any atom is 0.270 e. The van der Waals surface area contributed by atoms with Gasteiger partial charge in [-0.15, -0.1) is 0 Å². The van der Waals surface area contributed by atoms with Crippen LogP contribution in [0.1, 0.15) is 41.2 Å². The number of carbonyl (C=O) groups excluding carboxylic acids is 1. The molecule has 0 spiro atoms. The van der Waals surface area contributed by atoms with Crippen molar-refractivity contribution in [3.63, 3.8) is 0 Å². The number of benzene rings is 1. The maximum absolute atomic E-state index is 14.0. The van der Waals surface area contributed by atoms with E-state index < -0.39 is 11.6 Å². The number of pyridine rings is 1. The van der Waals surface area contributed by atoms with Crippen LogP contribution in [0.2, 0.25) is 0 Å². The molecule has 3 rings (SSSR count). The Morgan fingerprint density at radius 1 is 1.25 bits per heavy atom. The number of amides is 1. The first-order valence-corrected chi connectivity index (χ1v) is 10.4. The first kappa shape index (κ1) is 23.6. The van der Waals surface area contributed by atoms with Gasteiger partial charge in [-0.2, -0.15) is 0 Å². The van der Waals surface area contributed by atoms with E-state index in [0.29, 0.717) is 29.4 Å². The Bertz CT molecular complexity index is 1090. The second kappa shape index (κ2) is 10.1. The smallest absolute Gasteiger partial charge is 0.270 e. The normalized spacial score (nSPS) is 12.4. The van der Waals surface area contributed by atoms with Crippen molar-refractivity contribution in [1.29, 1.82) is 0 Å². The average Bonchev–Trinajstić information content (AvgIpc) is 3.05. The summed E-state index contributed by atoms with van der Waals surface area (Å²) in [6, 6.07) is 5.00. The minimum atomic E-state index is -0.689. The van der Waals surface area contributed by atoms with Gasteiger partial charge in [0.05, 0.1) is 24.0 Å². The van der Waals surface area contributed by atoms with E-state index in [0.717, 1.165) is 5.56 Å². The lowest BCUT2D eigenvalue weighted by atomic mass is 10.2. The number of hydrogen-bond donors (Lipinski definition) is 2. The standard InChI is InChI=1S/C23H28F2N4O3/c1-13(2)31-11-16(26)9-27-23(30)21-15(4)28-22-20(8-14(3)10-29(21)22)32-12-17-18(24)6-5-7-19(17)25/h5-8,10,13,16H,9,11-12,26H2,1-4H3,(H,27,30). The highest BCUT2D eigenvalue weighted by Crippen LogP contribution is 2.26. The molecule has 1 atom stereocenters. The maximum atomic E-state index is 14.0. The quantitative estimate of drug-likeness (QED) is 0.526. The number of carbonyl (C=O) groups is 1. The molecular weight excluding hydrogens is 418 g/mol. The van der Waals surface area contributed by atoms with Crippen molar-refractivity contribution in [1.82, 2.24) is 14.7 Å². The van der Waals surface area contributed by atoms with E-state index in [-0.39, 0.29) is 36.8 Å². The molecule has 3 N–H and O–H groups in total. The lowest BCUT2D eigenvalue weighted by Gasteiger charge is -2.15. The van der Waals surface area contributed by atoms with Crippen LogP contribution in [0.15, 0.2) is 30.5 Å². The molecule has 0 bridgehead atoms. The molecule has 0 saturated heterocycles. The van der Waals surface area contributed by atoms with E-state index >= 15 is 0 Å². The number of hydrogen-bond acceptors (Lipinski definition) is 5. The molecule has 2 heterocycles. The zero-order valence-corrected chi connectivity index (χ0v) is 18.6. The molecule has 3 aromatic rings. The van der Waals surface area contributed by atoms with Crippen LogP contribution >= 0.6 is 0 Å². The van der Waals surface area contributed by atoms with Gasteiger partial charge in [-0.05, 0) is 51.5 Å². The van der Waals surface area contributed by atoms with Crippen molar-refractivity contribution in [3.8, 4) is 5.75 Å². The number of imidazole rings is 1. The number of ether oxygens (including phenoxy) is 2. The summed E-state index contributed by atoms with van der Waals surface area (Å²) >= 11 is 0. The van der Waals surface area contributed by atoms with Gasteiger partial charge in [-0.1, -0.05) is 6.07 Å². The summed E-state index contributed by atoms with van der Waals surface area (Å²) in [5.41, 5.74) is 7.81. The Labute approximate surface area is 185 Å². The summed E-state index contributed by atoms with van der Waals surface area (Å²) in [5.74, 6) is -1.40. The van der Waals surface area contributed by atoms with Crippen LogP contribution in [0.4, 0.5) is 8.78 Å². The average molecular weight is 446 g/mol. The Morgan fingerprint density at radius 3 is 2.59 bits per heavy atom. The van der Waals surface area contributed by atoms with Gasteiger partial charge in [-0.25, -0.2) is 13.8 Å². The highest BCUT2D eigenvalue weighted by atomic mass is 19.1. The van der Waals surface area contributed by atoms with Gasteiger partial charge >= 0.3 is 0 Å². The number of halogens is 2. The molecule has 2 aromatic heterocycles. The van der Waals surface area contributed by atoms with Crippen LogP contribution in [0.3, 0.4) is 0 Å². The van der Waals surface area contributed by atoms with Crippen molar-refractivity contribution < 1.29 is 23.0 Å². The number of aromatic nitrogens is 2. The van der Waals surface area contributed by atoms with Crippen molar-refractivity contribution in [2.75, 3.05) is 13.2 Å². The Hall–Kier alpha value is -3.04. The molecule has 0 aliphatic carbocycles. The Kier molecular flexibility index (Phi) is 7.42. The van der Waals surface area contributed by atoms with Gasteiger partial charge in [-0.3, -0.25) is 9.20 Å². The molecule has 9 heteroatoms. The van der Waals surface area contributed by atoms with E-state index in [1.54, 1.807) is 23.6 Å². The van der Waals surface area contributed by atoms with Gasteiger partial charge < -0.3 is 20.5 Å². The minimum Gasteiger partial charge on any atom is -0.485 e. The topological polar surface area (TPSA) is 90.9 Å². The molecule has 0 radical (unpaired) electrons. The molecule has 0 fully saturated rings. The third-order valence-electron chi connectivity index (χ3n) is 4.81. The predicted molar refractivity (Wildman–Crippen MR) is 117 cm³/mol. The molecule has 1 aromatic carbocycles. The van der Waals surface area contributed by atoms with Crippen LogP contribution in [0.25, 0.3) is 5.65 Å². The highest BCUT2D eigenvalue weighted by Gasteiger charge is 2.21. The first-order chi connectivity index (χ1) is 15.2. The summed E-state index contributed by atoms with van der Waals surface area (Å²) in [4.78, 5) is 17.3. The first-order valence-electron chi connectivity index (χ1n) is 10.4. The second-order valence-electron chi connectivity index (χ2n) is 7.96. The van der Waals surface area contributed by atoms with Gasteiger partial charge in [0.1, 0.15) is 23.9 Å². The Morgan fingerprint density at radius 2 is 1.94 bits per heavy atom. The summed E-state index contributed by atoms with van der Waals surface area (Å²) in [6.07, 6.45) is 1.81. The zero-order valence-electron chi connectivity index (χ0n) is 18.6. The van der Waals surface area contributed by atoms with E-state index in [1.807, 2.05) is 20.8 Å². The van der Waals surface area contributed by atoms with Crippen LogP contribution in [0.5, 0.6) is 5.75 Å². The van der Waals surface area contributed by atoms with E-state index in [4.69, 9.17) is 15.2 Å². The van der Waals surface area contributed by atoms with Crippen LogP contribution in [-0.4, -0.2) is 40.6 Å². The molecule has 1 unspecified atom stereocenters. The summed E-state index contributed by atoms with van der Waals surface area (Å²) in [6.45, 7) is 7.61. The van der Waals surface area contributed by atoms with Crippen molar-refractivity contribution in [3.05, 3.63) is 64.6 Å². The van der Waals surface area contributed by atoms with Gasteiger partial charge in [0.15, 0.2) is 11.4 Å². The molecule has 7 nitrogen and oxygen atoms in total. The predicted octanol–water partition coefficient (Wildman–Crippen LogP) is 3.29. The minimum absolute atomic E-state index is 0.0528. The van der Waals surface area contributed by atoms with Gasteiger partial charge in [0, 0.05) is 18.8 Å². The van der Waals surface area contributed by atoms with Crippen molar-refractivity contribution >= 4 is 11.6 Å². The number of nitrogens with two attached hydrogens (primary N) is 1. The van der Waals surface area contributed by atoms with E-state index in [9.17, 15) is 13.6 Å². The summed E-state index contributed by atoms with van der Waals surface area (Å²) < 4.78 is 40.7. The number of aryl methyl sites for hydroxylation is 2. The lowest BCUT2D eigenvalue weighted by molar-refractivity contribution is 0.0672. The third-order valence-corrected chi connectivity index (χ3v) is 4.81. The van der Waals surface area contributed by atoms with Crippen LogP contribution in [-0.2, 0) is 11.3 Å². The second-order valence-corrected chi connectivity index (χ2v) is 7.96. The van der Waals surface area contributed by atoms with E-state index in [1.165, 1.54) is 18.2 Å². The van der Waals surface area contributed by atoms with Crippen molar-refractivity contribution in [2.24, 2.45) is 5.73 Å². The molecule has 172 valence electrons. The molecule has 1 amide bonds. The van der Waals surface area contributed by atoms with Crippen LogP contribution < -0.4 is 15.8 Å². The number of nitrogens with zero attached hydrogens (tertiary/aromatic N) is 2. The molecule has 0 aliphatic heterocycles. The third kappa shape index (κ3) is 5.41. The SMILES string of the molecule is Cc1cc(OCc2c(F)cccc2F)c2nc(C)c(C(=O)NCC(N)COC(C)C)n2c1. The fraction of sp³-hybridized carbons (Fsp3) is 0.391. The summed E-state index contributed by atoms with van der Waals surface area (Å²) in [5, 5.41) is 2.81. The fourth-order valence-corrected chi connectivity index (χ4v) is 3.24. The molecule has 0 saturated carbocycles. The van der Waals surface area contributed by atoms with Gasteiger partial charge in [0.2, 0.25) is 0 Å². The van der Waals surface area contributed by atoms with Crippen LogP contribution in [0, 0.1) is 25.5 Å². The number of rotatable bonds is 9. The van der Waals surface area contributed by atoms with Crippen molar-refractivity contribution in [2.45, 2.75) is 46.4 Å². The molecule has 0 aliphatic rings. The monoisotopic (exact) mass is 446 g/mol. The zero-order chi connectivity index (χ0) is 23.4. The fourth-order valence-electron chi connectivity index (χ4n) is 3.24. The number of nitrogens with one attached hydrogen (secondary N) is 1. The van der Waals surface area contributed by atoms with E-state index in [2.05, 4.69) is 10.3 Å². The summed E-state index contributed by atoms with van der Waals surface area (Å²) in [7, 11) is 0. The lowest BCUT2D eigenvalue weighted by Crippen LogP contribution is -2.41. The molecule has 32 heavy (non-hydrogen) atoms. The largest absolute Gasteiger partial charge is 0.485 e. The van der Waals surface area contributed by atoms with Gasteiger partial charge in [0.25, 0.3) is 5.91 Å². The molecular formula is C23H28F2N4O3.